The second-order valence-electron chi connectivity index (χ2n) is 9.03. The largest absolute Gasteiger partial charge is 0.440 e. The number of aromatic nitrogens is 4. The lowest BCUT2D eigenvalue weighted by Gasteiger charge is -2.33. The minimum Gasteiger partial charge on any atom is -0.440 e. The van der Waals surface area contributed by atoms with Crippen molar-refractivity contribution in [2.75, 3.05) is 25.4 Å². The Labute approximate surface area is 206 Å². The Bertz CT molecular complexity index is 1130. The highest BCUT2D eigenvalue weighted by molar-refractivity contribution is 7.99. The molecule has 1 saturated heterocycles. The predicted octanol–water partition coefficient (Wildman–Crippen LogP) is 5.36. The second-order valence-corrected chi connectivity index (χ2v) is 10.1. The first kappa shape index (κ1) is 25.1. The van der Waals surface area contributed by atoms with Gasteiger partial charge in [0.2, 0.25) is 5.82 Å². The first-order chi connectivity index (χ1) is 15.8. The average molecular weight is 514 g/mol. The van der Waals surface area contributed by atoms with Crippen LogP contribution in [0.3, 0.4) is 0 Å². The maximum Gasteiger partial charge on any atom is 0.416 e. The number of thioether (sulfide) groups is 1. The van der Waals surface area contributed by atoms with Gasteiger partial charge in [-0.3, -0.25) is 0 Å². The molecule has 0 amide bonds. The topological polar surface area (TPSA) is 60.0 Å². The number of halogens is 4. The van der Waals surface area contributed by atoms with Crippen LogP contribution in [0.4, 0.5) is 13.2 Å². The van der Waals surface area contributed by atoms with Crippen LogP contribution < -0.4 is 0 Å². The summed E-state index contributed by atoms with van der Waals surface area (Å²) in [4.78, 5) is 6.57. The van der Waals surface area contributed by atoms with Crippen LogP contribution >= 0.6 is 24.2 Å². The fraction of sp³-hybridized carbons (Fsp3) is 0.522. The third-order valence-corrected chi connectivity index (χ3v) is 8.06. The number of fused-ring (bicyclic) bond motifs is 1. The van der Waals surface area contributed by atoms with Gasteiger partial charge in [0.25, 0.3) is 0 Å². The molecule has 1 aliphatic heterocycles. The zero-order chi connectivity index (χ0) is 23.2. The van der Waals surface area contributed by atoms with Crippen molar-refractivity contribution in [3.8, 4) is 11.6 Å². The lowest BCUT2D eigenvalue weighted by atomic mass is 9.88. The Balaban J connectivity index is 0.00000274. The number of likely N-dealkylation sites (tertiary alicyclic amines) is 1. The first-order valence-electron chi connectivity index (χ1n) is 11.1. The molecule has 2 aromatic heterocycles. The Kier molecular flexibility index (Phi) is 7.04. The molecule has 3 aromatic rings. The van der Waals surface area contributed by atoms with Gasteiger partial charge in [0.1, 0.15) is 0 Å². The average Bonchev–Trinajstić information content (AvgIpc) is 3.22. The Morgan fingerprint density at radius 1 is 1.21 bits per heavy atom. The van der Waals surface area contributed by atoms with Crippen molar-refractivity contribution in [2.24, 2.45) is 13.0 Å². The minimum atomic E-state index is -4.29. The number of oxazole rings is 1. The van der Waals surface area contributed by atoms with E-state index in [1.165, 1.54) is 18.5 Å². The fourth-order valence-corrected chi connectivity index (χ4v) is 5.84. The highest BCUT2D eigenvalue weighted by Crippen LogP contribution is 2.58. The molecule has 184 valence electrons. The molecule has 1 aromatic carbocycles. The van der Waals surface area contributed by atoms with Crippen molar-refractivity contribution in [3.05, 3.63) is 47.5 Å². The van der Waals surface area contributed by atoms with Crippen molar-refractivity contribution >= 4 is 24.2 Å². The normalized spacial score (nSPS) is 22.3. The van der Waals surface area contributed by atoms with E-state index in [9.17, 15) is 13.2 Å². The molecule has 2 aliphatic rings. The van der Waals surface area contributed by atoms with E-state index in [-0.39, 0.29) is 17.8 Å². The molecule has 6 nitrogen and oxygen atoms in total. The van der Waals surface area contributed by atoms with E-state index in [0.717, 1.165) is 61.1 Å². The molecule has 0 N–H and O–H groups in total. The zero-order valence-electron chi connectivity index (χ0n) is 19.0. The minimum absolute atomic E-state index is 0. The summed E-state index contributed by atoms with van der Waals surface area (Å²) in [6, 6.07) is 5.82. The van der Waals surface area contributed by atoms with Crippen molar-refractivity contribution in [3.63, 3.8) is 0 Å². The van der Waals surface area contributed by atoms with Crippen LogP contribution in [0.2, 0.25) is 0 Å². The van der Waals surface area contributed by atoms with Gasteiger partial charge in [0, 0.05) is 24.8 Å². The third kappa shape index (κ3) is 4.72. The molecule has 5 rings (SSSR count). The number of benzene rings is 1. The van der Waals surface area contributed by atoms with Crippen LogP contribution in [0.5, 0.6) is 0 Å². The first-order valence-corrected chi connectivity index (χ1v) is 12.1. The molecule has 1 aliphatic carbocycles. The molecule has 1 saturated carbocycles. The highest BCUT2D eigenvalue weighted by atomic mass is 35.5. The molecule has 0 unspecified atom stereocenters. The second kappa shape index (κ2) is 9.54. The summed E-state index contributed by atoms with van der Waals surface area (Å²) in [7, 11) is 1.92. The summed E-state index contributed by atoms with van der Waals surface area (Å²) in [6.45, 7) is 4.82. The van der Waals surface area contributed by atoms with Crippen molar-refractivity contribution in [1.82, 2.24) is 24.6 Å². The smallest absolute Gasteiger partial charge is 0.416 e. The summed E-state index contributed by atoms with van der Waals surface area (Å²) < 4.78 is 46.1. The van der Waals surface area contributed by atoms with E-state index in [2.05, 4.69) is 20.1 Å². The van der Waals surface area contributed by atoms with E-state index in [4.69, 9.17) is 4.42 Å². The zero-order valence-corrected chi connectivity index (χ0v) is 20.6. The molecular weight excluding hydrogens is 487 g/mol. The molecule has 0 spiro atoms. The van der Waals surface area contributed by atoms with Gasteiger partial charge in [0.15, 0.2) is 17.3 Å². The molecule has 3 heterocycles. The van der Waals surface area contributed by atoms with Gasteiger partial charge in [-0.15, -0.1) is 22.6 Å². The third-order valence-electron chi connectivity index (χ3n) is 6.95. The maximum atomic E-state index is 12.9. The lowest BCUT2D eigenvalue weighted by Crippen LogP contribution is -2.39. The molecule has 34 heavy (non-hydrogen) atoms. The van der Waals surface area contributed by atoms with Gasteiger partial charge < -0.3 is 13.9 Å². The standard InChI is InChI=1S/C23H26F3N5OS.ClH/c1-15-19(32-14-27-15)20-28-29-21(30(20)2)33-11-3-9-31-10-8-18-12-22(18,13-31)16-4-6-17(7-5-16)23(24,25)26;/h4-7,14,18H,3,8-13H2,1-2H3;1H/t18-,22-;/m0./s1. The quantitative estimate of drug-likeness (QED) is 0.313. The van der Waals surface area contributed by atoms with Crippen LogP contribution in [0.25, 0.3) is 11.6 Å². The Morgan fingerprint density at radius 3 is 2.65 bits per heavy atom. The predicted molar refractivity (Wildman–Crippen MR) is 126 cm³/mol. The van der Waals surface area contributed by atoms with Crippen molar-refractivity contribution in [2.45, 2.75) is 42.9 Å². The molecular formula is C23H27ClF3N5OS. The van der Waals surface area contributed by atoms with E-state index >= 15 is 0 Å². The van der Waals surface area contributed by atoms with E-state index in [1.807, 2.05) is 18.5 Å². The summed E-state index contributed by atoms with van der Waals surface area (Å²) in [6.07, 6.45) is 0.310. The van der Waals surface area contributed by atoms with Crippen molar-refractivity contribution in [1.29, 1.82) is 0 Å². The van der Waals surface area contributed by atoms with E-state index in [1.54, 1.807) is 23.9 Å². The summed E-state index contributed by atoms with van der Waals surface area (Å²) in [5, 5.41) is 9.37. The molecule has 11 heteroatoms. The molecule has 2 fully saturated rings. The number of alkyl halides is 3. The van der Waals surface area contributed by atoms with Crippen LogP contribution in [0.15, 0.2) is 40.2 Å². The highest BCUT2D eigenvalue weighted by Gasteiger charge is 2.57. The number of hydrogen-bond donors (Lipinski definition) is 0. The number of piperidine rings is 1. The van der Waals surface area contributed by atoms with Crippen LogP contribution in [-0.2, 0) is 18.6 Å². The van der Waals surface area contributed by atoms with Gasteiger partial charge >= 0.3 is 6.18 Å². The van der Waals surface area contributed by atoms with Crippen LogP contribution in [0, 0.1) is 12.8 Å². The number of aryl methyl sites for hydroxylation is 1. The van der Waals surface area contributed by atoms with Crippen LogP contribution in [-0.4, -0.2) is 50.0 Å². The lowest BCUT2D eigenvalue weighted by molar-refractivity contribution is -0.137. The van der Waals surface area contributed by atoms with Gasteiger partial charge in [-0.25, -0.2) is 4.98 Å². The van der Waals surface area contributed by atoms with E-state index < -0.39 is 11.7 Å². The summed E-state index contributed by atoms with van der Waals surface area (Å²) in [5.74, 6) is 2.81. The number of rotatable bonds is 7. The molecule has 0 bridgehead atoms. The van der Waals surface area contributed by atoms with Crippen molar-refractivity contribution < 1.29 is 17.6 Å². The number of nitrogens with zero attached hydrogens (tertiary/aromatic N) is 5. The number of hydrogen-bond acceptors (Lipinski definition) is 6. The van der Waals surface area contributed by atoms with Crippen LogP contribution in [0.1, 0.15) is 36.1 Å². The van der Waals surface area contributed by atoms with E-state index in [0.29, 0.717) is 17.5 Å². The maximum absolute atomic E-state index is 12.9. The van der Waals surface area contributed by atoms with Gasteiger partial charge in [-0.2, -0.15) is 13.2 Å². The Hall–Kier alpha value is -2.04. The monoisotopic (exact) mass is 513 g/mol. The molecule has 2 atom stereocenters. The van der Waals surface area contributed by atoms with Gasteiger partial charge in [0.05, 0.1) is 11.3 Å². The molecule has 0 radical (unpaired) electrons. The van der Waals surface area contributed by atoms with Gasteiger partial charge in [-0.1, -0.05) is 23.9 Å². The Morgan fingerprint density at radius 2 is 1.97 bits per heavy atom. The summed E-state index contributed by atoms with van der Waals surface area (Å²) in [5.41, 5.74) is 1.29. The SMILES string of the molecule is Cc1ncoc1-c1nnc(SCCCN2CC[C@H]3C[C@@]3(c3ccc(C(F)(F)F)cc3)C2)n1C.Cl. The van der Waals surface area contributed by atoms with Gasteiger partial charge in [-0.05, 0) is 62.9 Å². The fourth-order valence-electron chi connectivity index (χ4n) is 5.00. The summed E-state index contributed by atoms with van der Waals surface area (Å²) >= 11 is 1.66.